The number of aliphatic imine (C=N–C) groups is 1. The molecule has 2 heteroatoms. The van der Waals surface area contributed by atoms with Crippen LogP contribution in [0.3, 0.4) is 0 Å². The molecule has 0 aromatic carbocycles. The van der Waals surface area contributed by atoms with Crippen molar-refractivity contribution < 1.29 is 4.42 Å². The molecule has 3 rings (SSSR count). The molecule has 58 valence electrons. The van der Waals surface area contributed by atoms with E-state index >= 15 is 0 Å². The predicted molar refractivity (Wildman–Crippen MR) is 47.0 cm³/mol. The first-order chi connectivity index (χ1) is 5.93. The summed E-state index contributed by atoms with van der Waals surface area (Å²) < 4.78 is 5.33. The lowest BCUT2D eigenvalue weighted by atomic mass is 9.95. The van der Waals surface area contributed by atoms with Crippen LogP contribution in [-0.2, 0) is 0 Å². The highest BCUT2D eigenvalue weighted by atomic mass is 16.3. The molecule has 1 aromatic heterocycles. The van der Waals surface area contributed by atoms with Crippen LogP contribution in [0.1, 0.15) is 17.7 Å². The molecule has 0 radical (unpaired) electrons. The first kappa shape index (κ1) is 6.00. The Morgan fingerprint density at radius 2 is 2.42 bits per heavy atom. The molecule has 0 saturated heterocycles. The van der Waals surface area contributed by atoms with Crippen molar-refractivity contribution in [3.63, 3.8) is 0 Å². The van der Waals surface area contributed by atoms with Gasteiger partial charge in [-0.1, -0.05) is 0 Å². The molecule has 2 nitrogen and oxygen atoms in total. The van der Waals surface area contributed by atoms with Crippen molar-refractivity contribution in [2.45, 2.75) is 6.42 Å². The highest BCUT2D eigenvalue weighted by molar-refractivity contribution is 6.06. The lowest BCUT2D eigenvalue weighted by Crippen LogP contribution is -2.08. The summed E-state index contributed by atoms with van der Waals surface area (Å²) in [6.45, 7) is 0. The molecule has 2 aliphatic rings. The molecule has 0 spiro atoms. The first-order valence-electron chi connectivity index (χ1n) is 3.95. The molecular formula is C10H7NO. The zero-order chi connectivity index (χ0) is 7.97. The van der Waals surface area contributed by atoms with E-state index in [1.54, 1.807) is 6.26 Å². The standard InChI is InChI=1S/C10H7NO/c1-3-11-9-6-7(1)5-8-2-4-12-10(8)9/h1-5H,6H2. The fourth-order valence-electron chi connectivity index (χ4n) is 1.63. The molecule has 0 saturated carbocycles. The molecule has 2 heterocycles. The van der Waals surface area contributed by atoms with Gasteiger partial charge in [0.1, 0.15) is 0 Å². The van der Waals surface area contributed by atoms with Gasteiger partial charge in [-0.05, 0) is 23.8 Å². The van der Waals surface area contributed by atoms with Crippen molar-refractivity contribution >= 4 is 11.8 Å². The summed E-state index contributed by atoms with van der Waals surface area (Å²) >= 11 is 0. The molecule has 1 aliphatic carbocycles. The van der Waals surface area contributed by atoms with E-state index in [0.29, 0.717) is 0 Å². The number of nitrogens with zero attached hydrogens (tertiary/aromatic N) is 1. The summed E-state index contributed by atoms with van der Waals surface area (Å²) in [5.41, 5.74) is 3.52. The second-order valence-electron chi connectivity index (χ2n) is 2.99. The van der Waals surface area contributed by atoms with Crippen LogP contribution in [0.15, 0.2) is 39.6 Å². The average molecular weight is 157 g/mol. The van der Waals surface area contributed by atoms with E-state index in [4.69, 9.17) is 4.42 Å². The molecule has 1 aromatic rings. The summed E-state index contributed by atoms with van der Waals surface area (Å²) in [6, 6.07) is 1.98. The Hall–Kier alpha value is -1.57. The number of furan rings is 1. The normalized spacial score (nSPS) is 18.3. The van der Waals surface area contributed by atoms with Crippen molar-refractivity contribution in [3.8, 4) is 0 Å². The number of fused-ring (bicyclic) bond motifs is 4. The molecule has 0 fully saturated rings. The zero-order valence-electron chi connectivity index (χ0n) is 6.45. The Balaban J connectivity index is 2.34. The second kappa shape index (κ2) is 1.97. The van der Waals surface area contributed by atoms with Gasteiger partial charge in [-0.25, -0.2) is 0 Å². The van der Waals surface area contributed by atoms with Crippen LogP contribution in [0, 0.1) is 0 Å². The maximum atomic E-state index is 5.33. The minimum Gasteiger partial charge on any atom is -0.462 e. The minimum atomic E-state index is 0.914. The van der Waals surface area contributed by atoms with Crippen molar-refractivity contribution in [1.82, 2.24) is 0 Å². The highest BCUT2D eigenvalue weighted by Crippen LogP contribution is 2.28. The van der Waals surface area contributed by atoms with Crippen molar-refractivity contribution in [2.75, 3.05) is 0 Å². The third-order valence-corrected chi connectivity index (χ3v) is 2.19. The van der Waals surface area contributed by atoms with E-state index in [2.05, 4.69) is 11.1 Å². The van der Waals surface area contributed by atoms with Crippen molar-refractivity contribution in [2.24, 2.45) is 4.99 Å². The van der Waals surface area contributed by atoms with Crippen LogP contribution in [0.2, 0.25) is 0 Å². The van der Waals surface area contributed by atoms with Crippen LogP contribution in [0.25, 0.3) is 6.08 Å². The Labute approximate surface area is 69.9 Å². The molecule has 0 N–H and O–H groups in total. The summed E-state index contributed by atoms with van der Waals surface area (Å²) in [7, 11) is 0. The van der Waals surface area contributed by atoms with Gasteiger partial charge in [0, 0.05) is 18.2 Å². The van der Waals surface area contributed by atoms with Gasteiger partial charge in [-0.15, -0.1) is 0 Å². The average Bonchev–Trinajstić information content (AvgIpc) is 2.53. The Morgan fingerprint density at radius 3 is 3.42 bits per heavy atom. The number of rotatable bonds is 0. The van der Waals surface area contributed by atoms with E-state index in [9.17, 15) is 0 Å². The molecule has 0 atom stereocenters. The Kier molecular flexibility index (Phi) is 0.987. The van der Waals surface area contributed by atoms with Gasteiger partial charge in [-0.3, -0.25) is 4.99 Å². The molecule has 2 bridgehead atoms. The maximum absolute atomic E-state index is 5.33. The number of hydrogen-bond acceptors (Lipinski definition) is 2. The van der Waals surface area contributed by atoms with Gasteiger partial charge in [0.25, 0.3) is 0 Å². The van der Waals surface area contributed by atoms with E-state index in [1.807, 2.05) is 18.3 Å². The van der Waals surface area contributed by atoms with E-state index < -0.39 is 0 Å². The van der Waals surface area contributed by atoms with E-state index in [-0.39, 0.29) is 0 Å². The third-order valence-electron chi connectivity index (χ3n) is 2.19. The van der Waals surface area contributed by atoms with Gasteiger partial charge in [-0.2, -0.15) is 0 Å². The van der Waals surface area contributed by atoms with Crippen LogP contribution in [0.5, 0.6) is 0 Å². The quantitative estimate of drug-likeness (QED) is 0.567. The predicted octanol–water partition coefficient (Wildman–Crippen LogP) is 2.38. The summed E-state index contributed by atoms with van der Waals surface area (Å²) in [5, 5.41) is 0. The summed E-state index contributed by atoms with van der Waals surface area (Å²) in [6.07, 6.45) is 8.64. The van der Waals surface area contributed by atoms with Crippen LogP contribution in [-0.4, -0.2) is 5.71 Å². The van der Waals surface area contributed by atoms with E-state index in [0.717, 1.165) is 23.5 Å². The lowest BCUT2D eigenvalue weighted by Gasteiger charge is -2.14. The number of allylic oxidation sites excluding steroid dienone is 2. The highest BCUT2D eigenvalue weighted by Gasteiger charge is 2.19. The van der Waals surface area contributed by atoms with Gasteiger partial charge in [0.15, 0.2) is 5.76 Å². The maximum Gasteiger partial charge on any atom is 0.155 e. The van der Waals surface area contributed by atoms with Crippen molar-refractivity contribution in [3.05, 3.63) is 41.5 Å². The molecule has 0 unspecified atom stereocenters. The topological polar surface area (TPSA) is 25.5 Å². The summed E-state index contributed by atoms with van der Waals surface area (Å²) in [4.78, 5) is 4.26. The van der Waals surface area contributed by atoms with Gasteiger partial charge >= 0.3 is 0 Å². The fourth-order valence-corrected chi connectivity index (χ4v) is 1.63. The molecular weight excluding hydrogens is 150 g/mol. The second-order valence-corrected chi connectivity index (χ2v) is 2.99. The Bertz CT molecular complexity index is 421. The monoisotopic (exact) mass is 157 g/mol. The zero-order valence-corrected chi connectivity index (χ0v) is 6.45. The molecule has 12 heavy (non-hydrogen) atoms. The van der Waals surface area contributed by atoms with Crippen molar-refractivity contribution in [1.29, 1.82) is 0 Å². The van der Waals surface area contributed by atoms with Crippen LogP contribution < -0.4 is 0 Å². The Morgan fingerprint density at radius 1 is 1.42 bits per heavy atom. The van der Waals surface area contributed by atoms with Gasteiger partial charge in [0.2, 0.25) is 0 Å². The van der Waals surface area contributed by atoms with Crippen LogP contribution >= 0.6 is 0 Å². The lowest BCUT2D eigenvalue weighted by molar-refractivity contribution is 0.555. The third kappa shape index (κ3) is 0.666. The smallest absolute Gasteiger partial charge is 0.155 e. The minimum absolute atomic E-state index is 0.914. The van der Waals surface area contributed by atoms with Gasteiger partial charge < -0.3 is 4.42 Å². The molecule has 1 aliphatic heterocycles. The summed E-state index contributed by atoms with van der Waals surface area (Å²) in [5.74, 6) is 0.933. The SMILES string of the molecule is C1=CC2=Cc3ccoc3C(=N1)C2. The number of hydrogen-bond donors (Lipinski definition) is 0. The first-order valence-corrected chi connectivity index (χ1v) is 3.95. The van der Waals surface area contributed by atoms with E-state index in [1.165, 1.54) is 5.57 Å². The molecule has 0 amide bonds. The van der Waals surface area contributed by atoms with Crippen LogP contribution in [0.4, 0.5) is 0 Å². The fraction of sp³-hybridized carbons (Fsp3) is 0.100. The van der Waals surface area contributed by atoms with Gasteiger partial charge in [0.05, 0.1) is 12.0 Å². The largest absolute Gasteiger partial charge is 0.462 e.